The van der Waals surface area contributed by atoms with Gasteiger partial charge in [-0.25, -0.2) is 4.79 Å². The average molecular weight is 803 g/mol. The molecule has 0 aliphatic carbocycles. The summed E-state index contributed by atoms with van der Waals surface area (Å²) in [5.74, 6) is -0.832. The molecule has 0 spiro atoms. The minimum Gasteiger partial charge on any atom is -0.478 e. The Kier molecular flexibility index (Phi) is 16.2. The second-order valence-electron chi connectivity index (χ2n) is 15.4. The van der Waals surface area contributed by atoms with Gasteiger partial charge in [0.2, 0.25) is 0 Å². The van der Waals surface area contributed by atoms with Crippen LogP contribution < -0.4 is 9.80 Å². The number of likely N-dealkylation sites (tertiary alicyclic amines) is 2. The van der Waals surface area contributed by atoms with Crippen LogP contribution in [0.1, 0.15) is 94.8 Å². The SMILES string of the molecule is CCN(CC)C(=O)c1ccc(N(c2cccc(C(=O)O)c2)C2CCN(C)CC2)cc1.CCN(CC)C(=O)c1ccc(N(c2cccc(C=O)c2)C2CCN(C)CC2)cc1. The molecule has 0 bridgehead atoms. The van der Waals surface area contributed by atoms with Crippen molar-refractivity contribution in [2.24, 2.45) is 0 Å². The Bertz CT molecular complexity index is 1980. The Morgan fingerprint density at radius 3 is 1.32 bits per heavy atom. The van der Waals surface area contributed by atoms with Crippen LogP contribution in [0.3, 0.4) is 0 Å². The molecule has 59 heavy (non-hydrogen) atoms. The van der Waals surface area contributed by atoms with E-state index in [-0.39, 0.29) is 23.4 Å². The number of aromatic carboxylic acids is 1. The zero-order valence-corrected chi connectivity index (χ0v) is 35.7. The van der Waals surface area contributed by atoms with E-state index in [9.17, 15) is 24.3 Å². The summed E-state index contributed by atoms with van der Waals surface area (Å²) < 4.78 is 0. The molecule has 11 nitrogen and oxygen atoms in total. The van der Waals surface area contributed by atoms with Crippen molar-refractivity contribution >= 4 is 46.8 Å². The zero-order chi connectivity index (χ0) is 42.5. The Labute approximate surface area is 350 Å². The molecule has 2 amide bonds. The quantitative estimate of drug-likeness (QED) is 0.126. The fraction of sp³-hybridized carbons (Fsp3) is 0.417. The Hall–Kier alpha value is -5.52. The smallest absolute Gasteiger partial charge is 0.335 e. The van der Waals surface area contributed by atoms with Crippen molar-refractivity contribution in [3.63, 3.8) is 0 Å². The van der Waals surface area contributed by atoms with Gasteiger partial charge < -0.3 is 34.5 Å². The highest BCUT2D eigenvalue weighted by Gasteiger charge is 2.27. The Morgan fingerprint density at radius 2 is 0.949 bits per heavy atom. The van der Waals surface area contributed by atoms with Crippen molar-refractivity contribution in [1.29, 1.82) is 0 Å². The Balaban J connectivity index is 0.000000224. The van der Waals surface area contributed by atoms with E-state index in [2.05, 4.69) is 39.8 Å². The van der Waals surface area contributed by atoms with Gasteiger partial charge in [0.25, 0.3) is 11.8 Å². The van der Waals surface area contributed by atoms with Gasteiger partial charge in [-0.15, -0.1) is 0 Å². The summed E-state index contributed by atoms with van der Waals surface area (Å²) in [6.45, 7) is 14.8. The average Bonchev–Trinajstić information content (AvgIpc) is 3.27. The van der Waals surface area contributed by atoms with Gasteiger partial charge >= 0.3 is 5.97 Å². The van der Waals surface area contributed by atoms with E-state index in [0.717, 1.165) is 80.9 Å². The van der Waals surface area contributed by atoms with Crippen LogP contribution in [-0.2, 0) is 0 Å². The summed E-state index contributed by atoms with van der Waals surface area (Å²) in [7, 11) is 4.28. The van der Waals surface area contributed by atoms with Crippen molar-refractivity contribution in [2.75, 3.05) is 76.3 Å². The van der Waals surface area contributed by atoms with Crippen molar-refractivity contribution in [3.8, 4) is 0 Å². The number of carbonyl (C=O) groups is 4. The molecule has 2 fully saturated rings. The molecule has 2 aliphatic rings. The van der Waals surface area contributed by atoms with Crippen molar-refractivity contribution < 1.29 is 24.3 Å². The number of piperidine rings is 2. The summed E-state index contributed by atoms with van der Waals surface area (Å²) in [4.78, 5) is 61.0. The minimum atomic E-state index is -0.930. The van der Waals surface area contributed by atoms with E-state index < -0.39 is 5.97 Å². The van der Waals surface area contributed by atoms with Gasteiger partial charge in [-0.2, -0.15) is 0 Å². The first-order chi connectivity index (χ1) is 28.5. The van der Waals surface area contributed by atoms with Crippen molar-refractivity contribution in [1.82, 2.24) is 19.6 Å². The third-order valence-corrected chi connectivity index (χ3v) is 11.6. The number of carboxylic acids is 1. The molecule has 2 saturated heterocycles. The molecule has 0 atom stereocenters. The van der Waals surface area contributed by atoms with Gasteiger partial charge in [-0.05, 0) is 173 Å². The highest BCUT2D eigenvalue weighted by Crippen LogP contribution is 2.34. The van der Waals surface area contributed by atoms with E-state index in [1.807, 2.05) is 105 Å². The number of hydrogen-bond donors (Lipinski definition) is 1. The topological polar surface area (TPSA) is 108 Å². The number of carboxylic acid groups (broad SMARTS) is 1. The van der Waals surface area contributed by atoms with E-state index >= 15 is 0 Å². The summed E-state index contributed by atoms with van der Waals surface area (Å²) >= 11 is 0. The summed E-state index contributed by atoms with van der Waals surface area (Å²) in [6, 6.07) is 31.1. The first-order valence-corrected chi connectivity index (χ1v) is 21.1. The van der Waals surface area contributed by atoms with Crippen LogP contribution in [-0.4, -0.2) is 127 Å². The molecule has 11 heteroatoms. The lowest BCUT2D eigenvalue weighted by Gasteiger charge is -2.39. The maximum atomic E-state index is 12.7. The van der Waals surface area contributed by atoms with Crippen molar-refractivity contribution in [2.45, 2.75) is 65.5 Å². The van der Waals surface area contributed by atoms with Crippen LogP contribution in [0.4, 0.5) is 22.7 Å². The summed E-state index contributed by atoms with van der Waals surface area (Å²) in [5.41, 5.74) is 6.25. The predicted molar refractivity (Wildman–Crippen MR) is 238 cm³/mol. The first-order valence-electron chi connectivity index (χ1n) is 21.1. The maximum absolute atomic E-state index is 12.7. The number of aldehydes is 1. The largest absolute Gasteiger partial charge is 0.478 e. The highest BCUT2D eigenvalue weighted by atomic mass is 16.4. The molecule has 1 N–H and O–H groups in total. The lowest BCUT2D eigenvalue weighted by Crippen LogP contribution is -2.41. The molecule has 2 aliphatic heterocycles. The molecule has 4 aromatic carbocycles. The molecular weight excluding hydrogens is 741 g/mol. The van der Waals surface area contributed by atoms with Crippen LogP contribution in [0.5, 0.6) is 0 Å². The van der Waals surface area contributed by atoms with Gasteiger partial charge in [-0.1, -0.05) is 18.2 Å². The zero-order valence-electron chi connectivity index (χ0n) is 35.7. The van der Waals surface area contributed by atoms with Gasteiger partial charge in [0.15, 0.2) is 0 Å². The van der Waals surface area contributed by atoms with Gasteiger partial charge in [-0.3, -0.25) is 14.4 Å². The first kappa shape index (κ1) is 44.6. The molecular formula is C48H62N6O5. The molecule has 2 heterocycles. The predicted octanol–water partition coefficient (Wildman–Crippen LogP) is 8.31. The summed E-state index contributed by atoms with van der Waals surface area (Å²) in [5, 5.41) is 9.44. The monoisotopic (exact) mass is 802 g/mol. The van der Waals surface area contributed by atoms with E-state index in [0.29, 0.717) is 48.9 Å². The van der Waals surface area contributed by atoms with Gasteiger partial charge in [0.1, 0.15) is 6.29 Å². The number of hydrogen-bond acceptors (Lipinski definition) is 8. The Morgan fingerprint density at radius 1 is 0.559 bits per heavy atom. The van der Waals surface area contributed by atoms with E-state index in [1.54, 1.807) is 23.1 Å². The molecule has 0 unspecified atom stereocenters. The van der Waals surface area contributed by atoms with E-state index in [1.165, 1.54) is 0 Å². The number of rotatable bonds is 14. The normalized spacial score (nSPS) is 15.1. The highest BCUT2D eigenvalue weighted by molar-refractivity contribution is 5.95. The van der Waals surface area contributed by atoms with Crippen LogP contribution in [0.15, 0.2) is 97.1 Å². The van der Waals surface area contributed by atoms with Crippen molar-refractivity contribution in [3.05, 3.63) is 119 Å². The number of benzene rings is 4. The van der Waals surface area contributed by atoms with Crippen LogP contribution in [0.25, 0.3) is 0 Å². The second-order valence-corrected chi connectivity index (χ2v) is 15.4. The number of carbonyl (C=O) groups excluding carboxylic acids is 3. The van der Waals surface area contributed by atoms with Crippen LogP contribution in [0.2, 0.25) is 0 Å². The van der Waals surface area contributed by atoms with Crippen LogP contribution in [0, 0.1) is 0 Å². The third-order valence-electron chi connectivity index (χ3n) is 11.6. The fourth-order valence-electron chi connectivity index (χ4n) is 8.10. The maximum Gasteiger partial charge on any atom is 0.335 e. The molecule has 6 rings (SSSR count). The molecule has 0 radical (unpaired) electrons. The molecule has 0 aromatic heterocycles. The molecule has 314 valence electrons. The molecule has 0 saturated carbocycles. The minimum absolute atomic E-state index is 0.0327. The number of amides is 2. The van der Waals surface area contributed by atoms with Gasteiger partial charge in [0, 0.05) is 77.7 Å². The van der Waals surface area contributed by atoms with Gasteiger partial charge in [0.05, 0.1) is 5.56 Å². The standard InChI is InChI=1S/C24H31N3O3.C24H31N3O2/c1-4-26(5-2)23(28)18-9-11-20(12-10-18)27(21-13-15-25(3)16-14-21)22-8-6-7-19(17-22)24(29)30;1-4-26(5-2)24(29)20-9-11-21(12-10-20)27(22-13-15-25(3)16-14-22)23-8-6-7-19(17-23)18-28/h6-12,17,21H,4-5,13-16H2,1-3H3,(H,29,30);6-12,17-18,22H,4-5,13-16H2,1-3H3. The third kappa shape index (κ3) is 11.4. The number of nitrogens with zero attached hydrogens (tertiary/aromatic N) is 6. The summed E-state index contributed by atoms with van der Waals surface area (Å²) in [6.07, 6.45) is 4.99. The lowest BCUT2D eigenvalue weighted by atomic mass is 10.0. The van der Waals surface area contributed by atoms with E-state index in [4.69, 9.17) is 0 Å². The van der Waals surface area contributed by atoms with Crippen LogP contribution >= 0.6 is 0 Å². The number of anilines is 4. The molecule has 4 aromatic rings. The lowest BCUT2D eigenvalue weighted by molar-refractivity contribution is 0.0694. The second kappa shape index (κ2) is 21.5. The fourth-order valence-corrected chi connectivity index (χ4v) is 8.10.